The van der Waals surface area contributed by atoms with Gasteiger partial charge in [0.05, 0.1) is 28.9 Å². The van der Waals surface area contributed by atoms with Gasteiger partial charge in [0.2, 0.25) is 5.76 Å². The average Bonchev–Trinajstić information content (AvgIpc) is 3.44. The number of fused-ring (bicyclic) bond motifs is 2. The van der Waals surface area contributed by atoms with E-state index in [0.29, 0.717) is 36.7 Å². The number of carbonyl (C=O) groups excluding carboxylic acids is 1. The monoisotopic (exact) mass is 390 g/mol. The van der Waals surface area contributed by atoms with Crippen LogP contribution in [0.3, 0.4) is 0 Å². The summed E-state index contributed by atoms with van der Waals surface area (Å²) >= 11 is 0. The lowest BCUT2D eigenvalue weighted by Crippen LogP contribution is -2.41. The Morgan fingerprint density at radius 1 is 1.38 bits per heavy atom. The fourth-order valence-electron chi connectivity index (χ4n) is 4.04. The molecule has 1 atom stereocenters. The number of oxazole rings is 1. The normalized spacial score (nSPS) is 16.4. The van der Waals surface area contributed by atoms with Gasteiger partial charge in [0.1, 0.15) is 6.04 Å². The summed E-state index contributed by atoms with van der Waals surface area (Å²) in [6.07, 6.45) is 4.95. The number of nitrogens with zero attached hydrogens (tertiary/aromatic N) is 5. The third kappa shape index (κ3) is 2.74. The molecule has 1 amide bonds. The number of imidazole rings is 1. The van der Waals surface area contributed by atoms with Gasteiger partial charge in [-0.1, -0.05) is 13.0 Å². The first-order valence-corrected chi connectivity index (χ1v) is 9.81. The molecule has 5 heterocycles. The zero-order valence-electron chi connectivity index (χ0n) is 16.6. The topological polar surface area (TPSA) is 92.3 Å². The molecule has 4 aromatic heterocycles. The maximum absolute atomic E-state index is 13.5. The molecule has 0 spiro atoms. The van der Waals surface area contributed by atoms with Gasteiger partial charge in [-0.15, -0.1) is 0 Å². The summed E-state index contributed by atoms with van der Waals surface area (Å²) in [6.45, 7) is 6.36. The van der Waals surface area contributed by atoms with Crippen LogP contribution in [-0.4, -0.2) is 41.9 Å². The molecule has 0 bridgehead atoms. The Morgan fingerprint density at radius 3 is 3.00 bits per heavy atom. The molecule has 1 N–H and O–H groups in total. The second kappa shape index (κ2) is 6.58. The van der Waals surface area contributed by atoms with Crippen molar-refractivity contribution in [2.75, 3.05) is 6.54 Å². The predicted octanol–water partition coefficient (Wildman–Crippen LogP) is 3.01. The number of hydrogen-bond acceptors (Lipinski definition) is 5. The number of aryl methyl sites for hydroxylation is 3. The highest BCUT2D eigenvalue weighted by Gasteiger charge is 2.38. The number of aromatic nitrogens is 5. The smallest absolute Gasteiger partial charge is 0.292 e. The Kier molecular flexibility index (Phi) is 4.01. The molecule has 4 aromatic rings. The van der Waals surface area contributed by atoms with E-state index in [2.05, 4.69) is 27.9 Å². The second-order valence-corrected chi connectivity index (χ2v) is 7.38. The van der Waals surface area contributed by atoms with Crippen molar-refractivity contribution in [3.05, 3.63) is 70.7 Å². The highest BCUT2D eigenvalue weighted by molar-refractivity contribution is 5.93. The maximum atomic E-state index is 13.5. The lowest BCUT2D eigenvalue weighted by atomic mass is 9.99. The highest BCUT2D eigenvalue weighted by Crippen LogP contribution is 2.35. The van der Waals surface area contributed by atoms with Crippen LogP contribution in [0, 0.1) is 13.8 Å². The van der Waals surface area contributed by atoms with Crippen LogP contribution in [0.4, 0.5) is 0 Å². The molecule has 0 fully saturated rings. The van der Waals surface area contributed by atoms with E-state index >= 15 is 0 Å². The van der Waals surface area contributed by atoms with Gasteiger partial charge in [-0.2, -0.15) is 5.10 Å². The van der Waals surface area contributed by atoms with Crippen LogP contribution >= 0.6 is 0 Å². The van der Waals surface area contributed by atoms with Crippen molar-refractivity contribution in [2.45, 2.75) is 39.7 Å². The van der Waals surface area contributed by atoms with Gasteiger partial charge >= 0.3 is 0 Å². The molecule has 0 saturated heterocycles. The van der Waals surface area contributed by atoms with E-state index in [1.54, 1.807) is 11.2 Å². The Bertz CT molecular complexity index is 1220. The molecule has 29 heavy (non-hydrogen) atoms. The number of aromatic amines is 1. The first-order chi connectivity index (χ1) is 14.1. The molecular formula is C21H22N6O2. The predicted molar refractivity (Wildman–Crippen MR) is 106 cm³/mol. The van der Waals surface area contributed by atoms with Crippen molar-refractivity contribution in [3.63, 3.8) is 0 Å². The zero-order chi connectivity index (χ0) is 20.1. The third-order valence-corrected chi connectivity index (χ3v) is 5.54. The first kappa shape index (κ1) is 17.7. The van der Waals surface area contributed by atoms with Crippen LogP contribution in [0.25, 0.3) is 5.52 Å². The minimum atomic E-state index is -0.383. The van der Waals surface area contributed by atoms with Crippen molar-refractivity contribution >= 4 is 11.4 Å². The van der Waals surface area contributed by atoms with Crippen LogP contribution < -0.4 is 0 Å². The van der Waals surface area contributed by atoms with E-state index in [9.17, 15) is 4.79 Å². The van der Waals surface area contributed by atoms with Gasteiger partial charge in [-0.05, 0) is 31.5 Å². The summed E-state index contributed by atoms with van der Waals surface area (Å²) in [7, 11) is 0. The lowest BCUT2D eigenvalue weighted by molar-refractivity contribution is 0.0651. The summed E-state index contributed by atoms with van der Waals surface area (Å²) < 4.78 is 7.60. The van der Waals surface area contributed by atoms with Gasteiger partial charge < -0.3 is 14.3 Å². The van der Waals surface area contributed by atoms with Crippen molar-refractivity contribution in [2.24, 2.45) is 0 Å². The Balaban J connectivity index is 1.63. The summed E-state index contributed by atoms with van der Waals surface area (Å²) in [4.78, 5) is 27.4. The SMILES string of the molecule is CCc1nc(C)c(C(=O)N2CCc3[nH]cnc3[C@@H]2c2cc3c(C)cccn3n2)o1. The summed E-state index contributed by atoms with van der Waals surface area (Å²) in [6, 6.07) is 5.67. The van der Waals surface area contributed by atoms with Crippen molar-refractivity contribution < 1.29 is 9.21 Å². The molecule has 0 radical (unpaired) electrons. The average molecular weight is 390 g/mol. The van der Waals surface area contributed by atoms with E-state index in [0.717, 1.165) is 28.2 Å². The van der Waals surface area contributed by atoms with Crippen molar-refractivity contribution in [1.29, 1.82) is 0 Å². The minimum absolute atomic E-state index is 0.179. The number of rotatable bonds is 3. The fourth-order valence-corrected chi connectivity index (χ4v) is 4.04. The van der Waals surface area contributed by atoms with E-state index in [1.807, 2.05) is 36.7 Å². The van der Waals surface area contributed by atoms with Gasteiger partial charge in [0, 0.05) is 31.3 Å². The molecule has 8 heteroatoms. The quantitative estimate of drug-likeness (QED) is 0.580. The second-order valence-electron chi connectivity index (χ2n) is 7.38. The van der Waals surface area contributed by atoms with E-state index in [1.165, 1.54) is 0 Å². The molecule has 0 aliphatic carbocycles. The molecule has 5 rings (SSSR count). The molecule has 0 aromatic carbocycles. The Morgan fingerprint density at radius 2 is 2.24 bits per heavy atom. The largest absolute Gasteiger partial charge is 0.435 e. The van der Waals surface area contributed by atoms with Crippen LogP contribution in [0.5, 0.6) is 0 Å². The minimum Gasteiger partial charge on any atom is -0.435 e. The van der Waals surface area contributed by atoms with Crippen molar-refractivity contribution in [1.82, 2.24) is 29.5 Å². The molecule has 8 nitrogen and oxygen atoms in total. The highest BCUT2D eigenvalue weighted by atomic mass is 16.4. The first-order valence-electron chi connectivity index (χ1n) is 9.81. The number of amides is 1. The number of nitrogens with one attached hydrogen (secondary N) is 1. The van der Waals surface area contributed by atoms with Gasteiger partial charge in [0.15, 0.2) is 5.89 Å². The molecule has 0 unspecified atom stereocenters. The number of H-pyrrole nitrogens is 1. The number of carbonyl (C=O) groups is 1. The summed E-state index contributed by atoms with van der Waals surface area (Å²) in [5, 5.41) is 4.77. The van der Waals surface area contributed by atoms with Gasteiger partial charge in [-0.3, -0.25) is 4.79 Å². The summed E-state index contributed by atoms with van der Waals surface area (Å²) in [5.41, 5.74) is 5.41. The van der Waals surface area contributed by atoms with Crippen LogP contribution in [0.2, 0.25) is 0 Å². The Labute approximate surface area is 167 Å². The molecule has 1 aliphatic heterocycles. The number of hydrogen-bond donors (Lipinski definition) is 1. The third-order valence-electron chi connectivity index (χ3n) is 5.54. The molecule has 148 valence electrons. The van der Waals surface area contributed by atoms with Crippen LogP contribution in [0.15, 0.2) is 35.1 Å². The van der Waals surface area contributed by atoms with E-state index in [-0.39, 0.29) is 11.9 Å². The van der Waals surface area contributed by atoms with E-state index in [4.69, 9.17) is 9.52 Å². The van der Waals surface area contributed by atoms with Gasteiger partial charge in [0.25, 0.3) is 5.91 Å². The zero-order valence-corrected chi connectivity index (χ0v) is 16.6. The molecule has 1 aliphatic rings. The fraction of sp³-hybridized carbons (Fsp3) is 0.333. The van der Waals surface area contributed by atoms with E-state index < -0.39 is 0 Å². The Hall–Kier alpha value is -3.42. The van der Waals surface area contributed by atoms with Crippen LogP contribution in [0.1, 0.15) is 57.8 Å². The summed E-state index contributed by atoms with van der Waals surface area (Å²) in [5.74, 6) is 0.691. The number of pyridine rings is 1. The lowest BCUT2D eigenvalue weighted by Gasteiger charge is -2.33. The molecule has 0 saturated carbocycles. The molecular weight excluding hydrogens is 368 g/mol. The van der Waals surface area contributed by atoms with Crippen molar-refractivity contribution in [3.8, 4) is 0 Å². The van der Waals surface area contributed by atoms with Crippen LogP contribution in [-0.2, 0) is 12.8 Å². The maximum Gasteiger partial charge on any atom is 0.292 e. The van der Waals surface area contributed by atoms with Gasteiger partial charge in [-0.25, -0.2) is 14.5 Å². The standard InChI is InChI=1S/C21H22N6O2/c1-4-17-24-13(3)20(29-17)21(28)26-9-7-14-18(23-11-22-14)19(26)15-10-16-12(2)6-5-8-27(16)25-15/h5-6,8,10-11,19H,4,7,9H2,1-3H3,(H,22,23)/t19-/m0/s1.